The average molecular weight is 259 g/mol. The molecule has 5 heteroatoms. The van der Waals surface area contributed by atoms with E-state index in [-0.39, 0.29) is 0 Å². The summed E-state index contributed by atoms with van der Waals surface area (Å²) in [7, 11) is 1.84. The van der Waals surface area contributed by atoms with Crippen molar-refractivity contribution < 1.29 is 17.9 Å². The van der Waals surface area contributed by atoms with E-state index in [1.165, 1.54) is 0 Å². The van der Waals surface area contributed by atoms with Gasteiger partial charge in [0.05, 0.1) is 0 Å². The van der Waals surface area contributed by atoms with Crippen LogP contribution in [0.4, 0.5) is 13.2 Å². The summed E-state index contributed by atoms with van der Waals surface area (Å²) in [6, 6.07) is 5.39. The molecule has 0 radical (unpaired) electrons. The van der Waals surface area contributed by atoms with E-state index in [0.717, 1.165) is 24.0 Å². The molecule has 0 amide bonds. The fourth-order valence-corrected chi connectivity index (χ4v) is 1.92. The Labute approximate surface area is 104 Å². The van der Waals surface area contributed by atoms with Gasteiger partial charge in [-0.2, -0.15) is 13.2 Å². The third-order valence-corrected chi connectivity index (χ3v) is 2.86. The van der Waals surface area contributed by atoms with Gasteiger partial charge in [0.2, 0.25) is 0 Å². The van der Waals surface area contributed by atoms with Gasteiger partial charge in [-0.15, -0.1) is 0 Å². The molecule has 18 heavy (non-hydrogen) atoms. The highest BCUT2D eigenvalue weighted by Gasteiger charge is 2.31. The van der Waals surface area contributed by atoms with Gasteiger partial charge in [0.1, 0.15) is 5.75 Å². The smallest absolute Gasteiger partial charge is 0.422 e. The van der Waals surface area contributed by atoms with Crippen LogP contribution in [0, 0.1) is 0 Å². The molecule has 1 fully saturated rings. The van der Waals surface area contributed by atoms with Gasteiger partial charge in [-0.25, -0.2) is 0 Å². The van der Waals surface area contributed by atoms with Crippen molar-refractivity contribution in [1.29, 1.82) is 0 Å². The standard InChI is InChI=1S/C13H16F3NO/c1-17-7-9-2-5-12(18-8-13(14,15)16)11(6-9)10-3-4-10/h2,5-6,10,17H,3-4,7-8H2,1H3. The number of rotatable bonds is 5. The van der Waals surface area contributed by atoms with E-state index in [2.05, 4.69) is 5.32 Å². The van der Waals surface area contributed by atoms with E-state index in [9.17, 15) is 13.2 Å². The summed E-state index contributed by atoms with van der Waals surface area (Å²) in [5, 5.41) is 3.03. The maximum Gasteiger partial charge on any atom is 0.422 e. The second-order valence-electron chi connectivity index (χ2n) is 4.58. The maximum absolute atomic E-state index is 12.2. The van der Waals surface area contributed by atoms with Gasteiger partial charge in [-0.05, 0) is 43.0 Å². The first-order valence-corrected chi connectivity index (χ1v) is 5.96. The molecule has 2 nitrogen and oxygen atoms in total. The summed E-state index contributed by atoms with van der Waals surface area (Å²) in [5.74, 6) is 0.736. The molecule has 0 atom stereocenters. The molecule has 0 aliphatic heterocycles. The Morgan fingerprint density at radius 2 is 2.06 bits per heavy atom. The van der Waals surface area contributed by atoms with Gasteiger partial charge in [0, 0.05) is 6.54 Å². The second kappa shape index (κ2) is 5.18. The van der Waals surface area contributed by atoms with Crippen LogP contribution in [0.15, 0.2) is 18.2 Å². The fraction of sp³-hybridized carbons (Fsp3) is 0.538. The zero-order chi connectivity index (χ0) is 13.2. The minimum Gasteiger partial charge on any atom is -0.484 e. The Morgan fingerprint density at radius 1 is 1.33 bits per heavy atom. The Morgan fingerprint density at radius 3 is 2.61 bits per heavy atom. The molecule has 1 aliphatic rings. The SMILES string of the molecule is CNCc1ccc(OCC(F)(F)F)c(C2CC2)c1. The van der Waals surface area contributed by atoms with Crippen molar-refractivity contribution in [2.45, 2.75) is 31.5 Å². The minimum atomic E-state index is -4.29. The third kappa shape index (κ3) is 3.63. The predicted molar refractivity (Wildman–Crippen MR) is 62.7 cm³/mol. The van der Waals surface area contributed by atoms with Crippen LogP contribution < -0.4 is 10.1 Å². The summed E-state index contributed by atoms with van der Waals surface area (Å²) in [5.41, 5.74) is 1.98. The lowest BCUT2D eigenvalue weighted by Gasteiger charge is -2.14. The zero-order valence-corrected chi connectivity index (χ0v) is 10.2. The molecule has 1 N–H and O–H groups in total. The molecule has 1 aromatic carbocycles. The number of nitrogens with one attached hydrogen (secondary N) is 1. The van der Waals surface area contributed by atoms with Crippen molar-refractivity contribution in [3.05, 3.63) is 29.3 Å². The molecule has 1 aromatic rings. The summed E-state index contributed by atoms with van der Waals surface area (Å²) in [4.78, 5) is 0. The van der Waals surface area contributed by atoms with Crippen LogP contribution >= 0.6 is 0 Å². The van der Waals surface area contributed by atoms with E-state index in [1.54, 1.807) is 12.1 Å². The van der Waals surface area contributed by atoms with E-state index in [1.807, 2.05) is 13.1 Å². The number of hydrogen-bond donors (Lipinski definition) is 1. The number of ether oxygens (including phenoxy) is 1. The molecule has 0 saturated heterocycles. The first kappa shape index (κ1) is 13.2. The zero-order valence-electron chi connectivity index (χ0n) is 10.2. The van der Waals surface area contributed by atoms with Crippen LogP contribution in [0.2, 0.25) is 0 Å². The van der Waals surface area contributed by atoms with Crippen molar-refractivity contribution in [3.63, 3.8) is 0 Å². The first-order valence-electron chi connectivity index (χ1n) is 5.96. The summed E-state index contributed by atoms with van der Waals surface area (Å²) >= 11 is 0. The molecule has 0 unspecified atom stereocenters. The van der Waals surface area contributed by atoms with Crippen LogP contribution in [0.3, 0.4) is 0 Å². The number of hydrogen-bond acceptors (Lipinski definition) is 2. The lowest BCUT2D eigenvalue weighted by molar-refractivity contribution is -0.153. The van der Waals surface area contributed by atoms with Gasteiger partial charge in [-0.1, -0.05) is 12.1 Å². The minimum absolute atomic E-state index is 0.366. The van der Waals surface area contributed by atoms with Gasteiger partial charge < -0.3 is 10.1 Å². The molecule has 0 heterocycles. The van der Waals surface area contributed by atoms with E-state index >= 15 is 0 Å². The average Bonchev–Trinajstić information content (AvgIpc) is 3.10. The Bertz CT molecular complexity index is 413. The van der Waals surface area contributed by atoms with Crippen LogP contribution in [0.25, 0.3) is 0 Å². The Balaban J connectivity index is 2.13. The highest BCUT2D eigenvalue weighted by molar-refractivity contribution is 5.41. The number of alkyl halides is 3. The van der Waals surface area contributed by atoms with E-state index < -0.39 is 12.8 Å². The third-order valence-electron chi connectivity index (χ3n) is 2.86. The summed E-state index contributed by atoms with van der Waals surface area (Å²) < 4.78 is 41.4. The number of benzene rings is 1. The lowest BCUT2D eigenvalue weighted by atomic mass is 10.1. The second-order valence-corrected chi connectivity index (χ2v) is 4.58. The van der Waals surface area contributed by atoms with Crippen LogP contribution in [0.1, 0.15) is 29.9 Å². The molecule has 1 saturated carbocycles. The topological polar surface area (TPSA) is 21.3 Å². The number of halogens is 3. The van der Waals surface area contributed by atoms with Crippen LogP contribution in [-0.2, 0) is 6.54 Å². The molecule has 0 spiro atoms. The molecule has 2 rings (SSSR count). The normalized spacial score (nSPS) is 15.8. The summed E-state index contributed by atoms with van der Waals surface area (Å²) in [6.45, 7) is -0.517. The molecular weight excluding hydrogens is 243 g/mol. The van der Waals surface area contributed by atoms with E-state index in [0.29, 0.717) is 18.2 Å². The first-order chi connectivity index (χ1) is 8.49. The van der Waals surface area contributed by atoms with Crippen molar-refractivity contribution in [2.75, 3.05) is 13.7 Å². The van der Waals surface area contributed by atoms with Crippen molar-refractivity contribution in [3.8, 4) is 5.75 Å². The Hall–Kier alpha value is -1.23. The van der Waals surface area contributed by atoms with Gasteiger partial charge in [0.25, 0.3) is 0 Å². The largest absolute Gasteiger partial charge is 0.484 e. The molecule has 0 bridgehead atoms. The lowest BCUT2D eigenvalue weighted by Crippen LogP contribution is -2.19. The monoisotopic (exact) mass is 259 g/mol. The maximum atomic E-state index is 12.2. The molecule has 0 aromatic heterocycles. The molecule has 1 aliphatic carbocycles. The fourth-order valence-electron chi connectivity index (χ4n) is 1.92. The quantitative estimate of drug-likeness (QED) is 0.876. The molecular formula is C13H16F3NO. The van der Waals surface area contributed by atoms with Crippen molar-refractivity contribution in [2.24, 2.45) is 0 Å². The van der Waals surface area contributed by atoms with Crippen LogP contribution in [-0.4, -0.2) is 19.8 Å². The summed E-state index contributed by atoms with van der Waals surface area (Å²) in [6.07, 6.45) is -2.22. The van der Waals surface area contributed by atoms with Crippen molar-refractivity contribution in [1.82, 2.24) is 5.32 Å². The van der Waals surface area contributed by atoms with E-state index in [4.69, 9.17) is 4.74 Å². The van der Waals surface area contributed by atoms with Gasteiger partial charge >= 0.3 is 6.18 Å². The van der Waals surface area contributed by atoms with Crippen molar-refractivity contribution >= 4 is 0 Å². The van der Waals surface area contributed by atoms with Gasteiger partial charge in [-0.3, -0.25) is 0 Å². The van der Waals surface area contributed by atoms with Crippen LogP contribution in [0.5, 0.6) is 5.75 Å². The predicted octanol–water partition coefficient (Wildman–Crippen LogP) is 3.22. The highest BCUT2D eigenvalue weighted by Crippen LogP contribution is 2.44. The Kier molecular flexibility index (Phi) is 3.80. The highest BCUT2D eigenvalue weighted by atomic mass is 19.4. The molecule has 100 valence electrons. The van der Waals surface area contributed by atoms with Gasteiger partial charge in [0.15, 0.2) is 6.61 Å².